The Morgan fingerprint density at radius 3 is 1.93 bits per heavy atom. The lowest BCUT2D eigenvalue weighted by Crippen LogP contribution is -2.58. The summed E-state index contributed by atoms with van der Waals surface area (Å²) in [5.41, 5.74) is 4.77. The van der Waals surface area contributed by atoms with Crippen LogP contribution < -0.4 is 11.6 Å². The van der Waals surface area contributed by atoms with Crippen LogP contribution in [-0.2, 0) is 4.74 Å². The molecule has 1 heterocycles. The summed E-state index contributed by atoms with van der Waals surface area (Å²) in [4.78, 5) is 9.79. The monoisotopic (exact) mass is 205 g/mol. The molecule has 1 fully saturated rings. The number of rotatable bonds is 0. The van der Waals surface area contributed by atoms with Crippen molar-refractivity contribution in [1.29, 1.82) is 0 Å². The van der Waals surface area contributed by atoms with E-state index in [4.69, 9.17) is 16.7 Å². The highest BCUT2D eigenvalue weighted by atomic mass is 16.7. The van der Waals surface area contributed by atoms with E-state index < -0.39 is 11.8 Å². The van der Waals surface area contributed by atoms with Crippen molar-refractivity contribution in [2.24, 2.45) is 11.6 Å². The molecule has 1 aliphatic heterocycles. The van der Waals surface area contributed by atoms with Gasteiger partial charge in [0.2, 0.25) is 0 Å². The van der Waals surface area contributed by atoms with E-state index in [0.29, 0.717) is 6.04 Å². The zero-order valence-corrected chi connectivity index (χ0v) is 8.86. The average Bonchev–Trinajstić information content (AvgIpc) is 1.79. The Balaban J connectivity index is 0.000000249. The van der Waals surface area contributed by atoms with Crippen LogP contribution in [0.1, 0.15) is 20.8 Å². The van der Waals surface area contributed by atoms with Gasteiger partial charge in [-0.3, -0.25) is 5.84 Å². The van der Waals surface area contributed by atoms with Gasteiger partial charge in [0.15, 0.2) is 0 Å². The molecule has 1 saturated heterocycles. The molecule has 0 aliphatic carbocycles. The molecule has 1 aliphatic rings. The molecule has 0 atom stereocenters. The third kappa shape index (κ3) is 7.78. The Morgan fingerprint density at radius 2 is 1.93 bits per heavy atom. The molecule has 0 aromatic carbocycles. The van der Waals surface area contributed by atoms with Crippen molar-refractivity contribution in [1.82, 2.24) is 5.01 Å². The van der Waals surface area contributed by atoms with Crippen LogP contribution in [0.2, 0.25) is 0 Å². The van der Waals surface area contributed by atoms with Crippen LogP contribution in [0.5, 0.6) is 0 Å². The van der Waals surface area contributed by atoms with Crippen LogP contribution in [0.3, 0.4) is 0 Å². The van der Waals surface area contributed by atoms with Crippen molar-refractivity contribution in [3.05, 3.63) is 0 Å². The summed E-state index contributed by atoms with van der Waals surface area (Å²) in [5.74, 6) is 5.22. The fourth-order valence-electron chi connectivity index (χ4n) is 0.811. The fraction of sp³-hybridized carbons (Fsp3) is 0.875. The highest BCUT2D eigenvalue weighted by Gasteiger charge is 2.18. The predicted octanol–water partition coefficient (Wildman–Crippen LogP) is -0.0175. The summed E-state index contributed by atoms with van der Waals surface area (Å²) in [7, 11) is 0. The van der Waals surface area contributed by atoms with Crippen molar-refractivity contribution in [2.75, 3.05) is 13.1 Å². The second kappa shape index (κ2) is 5.14. The van der Waals surface area contributed by atoms with Crippen molar-refractivity contribution < 1.29 is 14.6 Å². The highest BCUT2D eigenvalue weighted by Crippen LogP contribution is 2.05. The molecule has 6 heteroatoms. The van der Waals surface area contributed by atoms with Gasteiger partial charge in [-0.15, -0.1) is 0 Å². The smallest absolute Gasteiger partial charge is 0.450 e. The van der Waals surface area contributed by atoms with E-state index in [1.165, 1.54) is 0 Å². The van der Waals surface area contributed by atoms with Crippen LogP contribution >= 0.6 is 0 Å². The van der Waals surface area contributed by atoms with E-state index in [2.05, 4.69) is 4.74 Å². The van der Waals surface area contributed by atoms with Crippen molar-refractivity contribution in [3.63, 3.8) is 0 Å². The molecular weight excluding hydrogens is 186 g/mol. The average molecular weight is 205 g/mol. The van der Waals surface area contributed by atoms with Gasteiger partial charge in [0.25, 0.3) is 0 Å². The third-order valence-electron chi connectivity index (χ3n) is 1.33. The lowest BCUT2D eigenvalue weighted by Gasteiger charge is -2.31. The van der Waals surface area contributed by atoms with Gasteiger partial charge in [0.05, 0.1) is 0 Å². The molecule has 0 saturated carbocycles. The molecule has 0 radical (unpaired) electrons. The maximum atomic E-state index is 9.79. The maximum absolute atomic E-state index is 9.79. The van der Waals surface area contributed by atoms with Gasteiger partial charge in [-0.1, -0.05) is 0 Å². The van der Waals surface area contributed by atoms with E-state index in [-0.39, 0.29) is 0 Å². The van der Waals surface area contributed by atoms with Crippen LogP contribution in [0, 0.1) is 0 Å². The molecule has 0 spiro atoms. The zero-order chi connectivity index (χ0) is 11.4. The number of ether oxygens (including phenoxy) is 1. The summed E-state index contributed by atoms with van der Waals surface area (Å²) in [6, 6.07) is 0.343. The number of nitrogens with zero attached hydrogens (tertiary/aromatic N) is 1. The molecule has 0 amide bonds. The van der Waals surface area contributed by atoms with Gasteiger partial charge in [0, 0.05) is 19.1 Å². The van der Waals surface area contributed by atoms with Crippen molar-refractivity contribution in [3.8, 4) is 0 Å². The van der Waals surface area contributed by atoms with Crippen molar-refractivity contribution in [2.45, 2.75) is 32.4 Å². The summed E-state index contributed by atoms with van der Waals surface area (Å²) < 4.78 is 4.35. The quantitative estimate of drug-likeness (QED) is 0.379. The van der Waals surface area contributed by atoms with Crippen LogP contribution in [-0.4, -0.2) is 41.0 Å². The van der Waals surface area contributed by atoms with E-state index in [1.54, 1.807) is 25.8 Å². The number of hydrogen-bond donors (Lipinski definition) is 3. The number of hydrazine groups is 1. The first kappa shape index (κ1) is 13.2. The Labute approximate surface area is 83.8 Å². The Morgan fingerprint density at radius 1 is 1.50 bits per heavy atom. The summed E-state index contributed by atoms with van der Waals surface area (Å²) in [6.45, 7) is 6.77. The molecule has 0 aromatic heterocycles. The molecule has 84 valence electrons. The lowest BCUT2D eigenvalue weighted by molar-refractivity contribution is 0.0150. The maximum Gasteiger partial charge on any atom is 0.506 e. The molecular formula is C8H19N3O3. The SMILES string of the molecule is CC(C)(C)OC(=O)O.NC1CN(N)C1. The topological polar surface area (TPSA) is 102 Å². The molecule has 0 unspecified atom stereocenters. The molecule has 0 bridgehead atoms. The van der Waals surface area contributed by atoms with Gasteiger partial charge in [-0.2, -0.15) is 0 Å². The first-order valence-electron chi connectivity index (χ1n) is 4.38. The van der Waals surface area contributed by atoms with Gasteiger partial charge >= 0.3 is 6.16 Å². The summed E-state index contributed by atoms with van der Waals surface area (Å²) >= 11 is 0. The number of hydrogen-bond acceptors (Lipinski definition) is 5. The molecule has 5 N–H and O–H groups in total. The first-order valence-corrected chi connectivity index (χ1v) is 4.38. The molecule has 1 rings (SSSR count). The zero-order valence-electron chi connectivity index (χ0n) is 8.86. The van der Waals surface area contributed by atoms with E-state index in [0.717, 1.165) is 13.1 Å². The van der Waals surface area contributed by atoms with Crippen LogP contribution in [0.15, 0.2) is 0 Å². The third-order valence-corrected chi connectivity index (χ3v) is 1.33. The fourth-order valence-corrected chi connectivity index (χ4v) is 0.811. The van der Waals surface area contributed by atoms with Crippen LogP contribution in [0.4, 0.5) is 4.79 Å². The van der Waals surface area contributed by atoms with Gasteiger partial charge in [-0.25, -0.2) is 9.80 Å². The minimum Gasteiger partial charge on any atom is -0.450 e. The second-order valence-corrected chi connectivity index (χ2v) is 4.19. The second-order valence-electron chi connectivity index (χ2n) is 4.19. The Bertz CT molecular complexity index is 179. The van der Waals surface area contributed by atoms with Crippen molar-refractivity contribution >= 4 is 6.16 Å². The first-order chi connectivity index (χ1) is 6.20. The minimum atomic E-state index is -1.22. The van der Waals surface area contributed by atoms with Gasteiger partial charge in [-0.05, 0) is 20.8 Å². The van der Waals surface area contributed by atoms with Gasteiger partial charge < -0.3 is 15.6 Å². The Kier molecular flexibility index (Phi) is 4.82. The number of carboxylic acid groups (broad SMARTS) is 1. The van der Waals surface area contributed by atoms with E-state index in [1.807, 2.05) is 0 Å². The highest BCUT2D eigenvalue weighted by molar-refractivity contribution is 5.57. The summed E-state index contributed by atoms with van der Waals surface area (Å²) in [5, 5.41) is 9.73. The molecule has 14 heavy (non-hydrogen) atoms. The van der Waals surface area contributed by atoms with Crippen LogP contribution in [0.25, 0.3) is 0 Å². The summed E-state index contributed by atoms with van der Waals surface area (Å²) in [6.07, 6.45) is -1.22. The molecule has 6 nitrogen and oxygen atoms in total. The molecule has 0 aromatic rings. The normalized spacial score (nSPS) is 17.8. The van der Waals surface area contributed by atoms with E-state index in [9.17, 15) is 4.79 Å². The Hall–Kier alpha value is -0.850. The number of carbonyl (C=O) groups is 1. The predicted molar refractivity (Wildman–Crippen MR) is 52.6 cm³/mol. The van der Waals surface area contributed by atoms with Gasteiger partial charge in [0.1, 0.15) is 5.60 Å². The minimum absolute atomic E-state index is 0.343. The lowest BCUT2D eigenvalue weighted by atomic mass is 10.2. The standard InChI is InChI=1S/C5H10O3.C3H9N3/c1-5(2,3)8-4(6)7;4-3-1-6(5)2-3/h1-3H3,(H,6,7);3H,1-2,4-5H2. The number of nitrogens with two attached hydrogens (primary N) is 2. The van der Waals surface area contributed by atoms with E-state index >= 15 is 0 Å². The largest absolute Gasteiger partial charge is 0.506 e.